The predicted octanol–water partition coefficient (Wildman–Crippen LogP) is 4.24. The first-order chi connectivity index (χ1) is 14.8. The van der Waals surface area contributed by atoms with Gasteiger partial charge in [-0.05, 0) is 29.8 Å². The lowest BCUT2D eigenvalue weighted by molar-refractivity contribution is 0.0602. The third-order valence-electron chi connectivity index (χ3n) is 5.00. The molecule has 0 unspecified atom stereocenters. The maximum absolute atomic E-state index is 12.4. The van der Waals surface area contributed by atoms with Gasteiger partial charge in [-0.2, -0.15) is 5.10 Å². The van der Waals surface area contributed by atoms with Crippen molar-refractivity contribution in [1.29, 1.82) is 0 Å². The van der Waals surface area contributed by atoms with Crippen molar-refractivity contribution in [2.75, 3.05) is 7.11 Å². The molecule has 0 aliphatic heterocycles. The van der Waals surface area contributed by atoms with Gasteiger partial charge < -0.3 is 14.5 Å². The Morgan fingerprint density at radius 2 is 1.97 bits per heavy atom. The quantitative estimate of drug-likeness (QED) is 0.448. The van der Waals surface area contributed by atoms with Gasteiger partial charge in [0, 0.05) is 23.3 Å². The summed E-state index contributed by atoms with van der Waals surface area (Å²) in [6.45, 7) is 0.374. The summed E-state index contributed by atoms with van der Waals surface area (Å²) < 4.78 is 12.8. The van der Waals surface area contributed by atoms with Crippen LogP contribution in [0.15, 0.2) is 73.2 Å². The number of carbonyl (C=O) groups is 1. The molecule has 0 aliphatic carbocycles. The van der Waals surface area contributed by atoms with E-state index in [-0.39, 0.29) is 0 Å². The van der Waals surface area contributed by atoms with Gasteiger partial charge in [0.15, 0.2) is 0 Å². The summed E-state index contributed by atoms with van der Waals surface area (Å²) >= 11 is 0. The van der Waals surface area contributed by atoms with E-state index in [0.29, 0.717) is 23.4 Å². The summed E-state index contributed by atoms with van der Waals surface area (Å²) in [6.07, 6.45) is 5.10. The first kappa shape index (κ1) is 17.9. The van der Waals surface area contributed by atoms with E-state index in [2.05, 4.69) is 15.1 Å². The number of rotatable bonds is 5. The maximum Gasteiger partial charge on any atom is 0.341 e. The minimum absolute atomic E-state index is 0.349. The van der Waals surface area contributed by atoms with Crippen LogP contribution in [0.5, 0.6) is 5.75 Å². The van der Waals surface area contributed by atoms with Gasteiger partial charge in [-0.3, -0.25) is 0 Å². The van der Waals surface area contributed by atoms with E-state index in [4.69, 9.17) is 9.47 Å². The van der Waals surface area contributed by atoms with Crippen molar-refractivity contribution >= 4 is 22.5 Å². The molecule has 5 rings (SSSR count). The molecule has 7 heteroatoms. The van der Waals surface area contributed by atoms with E-state index in [9.17, 15) is 4.79 Å². The van der Waals surface area contributed by atoms with Crippen LogP contribution in [0.25, 0.3) is 27.8 Å². The molecule has 5 aromatic rings. The number of hydrogen-bond acceptors (Lipinski definition) is 5. The smallest absolute Gasteiger partial charge is 0.341 e. The Morgan fingerprint density at radius 1 is 1.10 bits per heavy atom. The molecule has 0 bridgehead atoms. The predicted molar refractivity (Wildman–Crippen MR) is 112 cm³/mol. The SMILES string of the molecule is COC(=O)c1cnn2c(-c3ccnc4[nH]ccc34)ccc(OCc3ccccc3)c12. The molecule has 1 aromatic carbocycles. The number of aromatic amines is 1. The van der Waals surface area contributed by atoms with Crippen molar-refractivity contribution in [2.24, 2.45) is 0 Å². The zero-order valence-corrected chi connectivity index (χ0v) is 16.2. The first-order valence-electron chi connectivity index (χ1n) is 9.44. The van der Waals surface area contributed by atoms with Crippen molar-refractivity contribution in [3.05, 3.63) is 84.3 Å². The Morgan fingerprint density at radius 3 is 2.80 bits per heavy atom. The molecule has 0 saturated heterocycles. The summed E-state index contributed by atoms with van der Waals surface area (Å²) in [5.74, 6) is 0.0908. The van der Waals surface area contributed by atoms with Crippen LogP contribution < -0.4 is 4.74 Å². The fraction of sp³-hybridized carbons (Fsp3) is 0.0870. The average molecular weight is 398 g/mol. The van der Waals surface area contributed by atoms with E-state index in [1.165, 1.54) is 13.3 Å². The molecule has 1 N–H and O–H groups in total. The number of benzene rings is 1. The van der Waals surface area contributed by atoms with Crippen LogP contribution in [0, 0.1) is 0 Å². The molecular weight excluding hydrogens is 380 g/mol. The Hall–Kier alpha value is -4.13. The average Bonchev–Trinajstić information content (AvgIpc) is 3.45. The van der Waals surface area contributed by atoms with Crippen LogP contribution in [0.4, 0.5) is 0 Å². The normalized spacial score (nSPS) is 11.1. The minimum Gasteiger partial charge on any atom is -0.487 e. The number of hydrogen-bond donors (Lipinski definition) is 1. The highest BCUT2D eigenvalue weighted by Crippen LogP contribution is 2.33. The minimum atomic E-state index is -0.465. The summed E-state index contributed by atoms with van der Waals surface area (Å²) in [5, 5.41) is 5.44. The van der Waals surface area contributed by atoms with Crippen LogP contribution in [-0.2, 0) is 11.3 Å². The molecule has 0 saturated carbocycles. The highest BCUT2D eigenvalue weighted by molar-refractivity contribution is 6.00. The van der Waals surface area contributed by atoms with Gasteiger partial charge in [0.2, 0.25) is 0 Å². The lowest BCUT2D eigenvalue weighted by Crippen LogP contribution is -2.04. The number of H-pyrrole nitrogens is 1. The Kier molecular flexibility index (Phi) is 4.40. The molecule has 7 nitrogen and oxygen atoms in total. The van der Waals surface area contributed by atoms with Crippen molar-refractivity contribution in [2.45, 2.75) is 6.61 Å². The van der Waals surface area contributed by atoms with Gasteiger partial charge >= 0.3 is 5.97 Å². The molecule has 0 fully saturated rings. The highest BCUT2D eigenvalue weighted by Gasteiger charge is 2.21. The molecule has 30 heavy (non-hydrogen) atoms. The van der Waals surface area contributed by atoms with E-state index in [0.717, 1.165) is 27.9 Å². The highest BCUT2D eigenvalue weighted by atomic mass is 16.5. The Labute approximate surface area is 171 Å². The van der Waals surface area contributed by atoms with E-state index < -0.39 is 5.97 Å². The fourth-order valence-corrected chi connectivity index (χ4v) is 3.57. The number of esters is 1. The lowest BCUT2D eigenvalue weighted by atomic mass is 10.1. The zero-order valence-electron chi connectivity index (χ0n) is 16.2. The van der Waals surface area contributed by atoms with Gasteiger partial charge in [0.1, 0.15) is 29.1 Å². The second-order valence-corrected chi connectivity index (χ2v) is 6.77. The van der Waals surface area contributed by atoms with Crippen LogP contribution >= 0.6 is 0 Å². The van der Waals surface area contributed by atoms with Crippen LogP contribution in [0.3, 0.4) is 0 Å². The van der Waals surface area contributed by atoms with E-state index in [1.807, 2.05) is 60.8 Å². The number of carbonyl (C=O) groups excluding carboxylic acids is 1. The first-order valence-corrected chi connectivity index (χ1v) is 9.44. The lowest BCUT2D eigenvalue weighted by Gasteiger charge is -2.12. The van der Waals surface area contributed by atoms with Crippen LogP contribution in [-0.4, -0.2) is 32.7 Å². The third-order valence-corrected chi connectivity index (χ3v) is 5.00. The molecule has 4 heterocycles. The summed E-state index contributed by atoms with van der Waals surface area (Å²) in [5.41, 5.74) is 4.49. The fourth-order valence-electron chi connectivity index (χ4n) is 3.57. The molecule has 4 aromatic heterocycles. The van der Waals surface area contributed by atoms with Crippen molar-refractivity contribution in [1.82, 2.24) is 19.6 Å². The summed E-state index contributed by atoms with van der Waals surface area (Å²) in [7, 11) is 1.35. The summed E-state index contributed by atoms with van der Waals surface area (Å²) in [4.78, 5) is 19.9. The van der Waals surface area contributed by atoms with Crippen molar-refractivity contribution in [3.63, 3.8) is 0 Å². The number of nitrogens with one attached hydrogen (secondary N) is 1. The molecule has 148 valence electrons. The van der Waals surface area contributed by atoms with Gasteiger partial charge in [-0.25, -0.2) is 14.3 Å². The molecule has 0 atom stereocenters. The molecule has 0 amide bonds. The Balaban J connectivity index is 1.67. The zero-order chi connectivity index (χ0) is 20.5. The number of pyridine rings is 2. The maximum atomic E-state index is 12.4. The number of aromatic nitrogens is 4. The number of methoxy groups -OCH3 is 1. The van der Waals surface area contributed by atoms with Gasteiger partial charge in [-0.15, -0.1) is 0 Å². The number of ether oxygens (including phenoxy) is 2. The molecular formula is C23H18N4O3. The molecule has 0 radical (unpaired) electrons. The Bertz CT molecular complexity index is 1360. The van der Waals surface area contributed by atoms with Gasteiger partial charge in [-0.1, -0.05) is 30.3 Å². The summed E-state index contributed by atoms with van der Waals surface area (Å²) in [6, 6.07) is 17.5. The standard InChI is InChI=1S/C23H18N4O3/c1-29-23(28)18-13-26-27-19(16-9-11-24-22-17(16)10-12-25-22)7-8-20(21(18)27)30-14-15-5-3-2-4-6-15/h2-13H,14H2,1H3,(H,24,25). The monoisotopic (exact) mass is 398 g/mol. The van der Waals surface area contributed by atoms with Crippen LogP contribution in [0.2, 0.25) is 0 Å². The van der Waals surface area contributed by atoms with Gasteiger partial charge in [0.25, 0.3) is 0 Å². The number of nitrogens with zero attached hydrogens (tertiary/aromatic N) is 3. The molecule has 0 spiro atoms. The molecule has 0 aliphatic rings. The van der Waals surface area contributed by atoms with E-state index in [1.54, 1.807) is 10.7 Å². The van der Waals surface area contributed by atoms with Crippen molar-refractivity contribution < 1.29 is 14.3 Å². The van der Waals surface area contributed by atoms with Crippen LogP contribution in [0.1, 0.15) is 15.9 Å². The third kappa shape index (κ3) is 2.97. The van der Waals surface area contributed by atoms with Crippen molar-refractivity contribution in [3.8, 4) is 17.0 Å². The topological polar surface area (TPSA) is 81.5 Å². The number of fused-ring (bicyclic) bond motifs is 2. The second kappa shape index (κ2) is 7.36. The van der Waals surface area contributed by atoms with E-state index >= 15 is 0 Å². The second-order valence-electron chi connectivity index (χ2n) is 6.77. The van der Waals surface area contributed by atoms with Gasteiger partial charge in [0.05, 0.1) is 19.0 Å². The largest absolute Gasteiger partial charge is 0.487 e.